The molecule has 0 unspecified atom stereocenters. The fraction of sp³-hybridized carbons (Fsp3) is 0.324. The number of amides is 3. The number of urea groups is 1. The summed E-state index contributed by atoms with van der Waals surface area (Å²) in [7, 11) is 4.04. The van der Waals surface area contributed by atoms with E-state index in [2.05, 4.69) is 25.6 Å². The van der Waals surface area contributed by atoms with E-state index >= 15 is 4.39 Å². The zero-order valence-corrected chi connectivity index (χ0v) is 28.5. The number of benzene rings is 3. The zero-order chi connectivity index (χ0) is 34.9. The van der Waals surface area contributed by atoms with Gasteiger partial charge in [0.2, 0.25) is 0 Å². The molecule has 258 valence electrons. The standard InChI is InChI=1S/C37H39FN8O4/c1-22-33(23(2)50-43-22)25-7-11-29-32(20-25)40-34(42-35(29)45-15-17-49-18-16-45)26-8-12-31(30(38)19-26)41-37(48)39-27-9-5-24(6-10-27)36(47)46-14-13-28(21-46)44(3)4/h5-12,19-20,28H,13-18,21H2,1-4H3,(H2,39,41,48)/t28-/m1/s1. The predicted molar refractivity (Wildman–Crippen MR) is 190 cm³/mol. The Hall–Kier alpha value is -5.40. The van der Waals surface area contributed by atoms with Gasteiger partial charge in [-0.05, 0) is 94.5 Å². The molecule has 50 heavy (non-hydrogen) atoms. The van der Waals surface area contributed by atoms with E-state index in [-0.39, 0.29) is 11.6 Å². The molecule has 3 amide bonds. The summed E-state index contributed by atoms with van der Waals surface area (Å²) in [4.78, 5) is 41.7. The zero-order valence-electron chi connectivity index (χ0n) is 28.5. The summed E-state index contributed by atoms with van der Waals surface area (Å²) in [5, 5.41) is 10.3. The van der Waals surface area contributed by atoms with Gasteiger partial charge in [-0.25, -0.2) is 19.2 Å². The van der Waals surface area contributed by atoms with Crippen molar-refractivity contribution in [1.82, 2.24) is 24.9 Å². The van der Waals surface area contributed by atoms with E-state index in [4.69, 9.17) is 19.2 Å². The van der Waals surface area contributed by atoms with E-state index in [0.717, 1.165) is 34.4 Å². The first-order valence-corrected chi connectivity index (χ1v) is 16.7. The SMILES string of the molecule is Cc1noc(C)c1-c1ccc2c(N3CCOCC3)nc(-c3ccc(NC(=O)Nc4ccc(C(=O)N5CC[C@@H](N(C)C)C5)cc4)c(F)c3)nc2c1. The minimum atomic E-state index is -0.638. The Morgan fingerprint density at radius 3 is 2.36 bits per heavy atom. The second-order valence-electron chi connectivity index (χ2n) is 12.9. The molecule has 2 aromatic heterocycles. The number of aryl methyl sites for hydroxylation is 2. The normalized spacial score (nSPS) is 16.3. The van der Waals surface area contributed by atoms with Crippen molar-refractivity contribution in [1.29, 1.82) is 0 Å². The van der Waals surface area contributed by atoms with Crippen LogP contribution in [0.3, 0.4) is 0 Å². The lowest BCUT2D eigenvalue weighted by Gasteiger charge is -2.29. The van der Waals surface area contributed by atoms with Crippen molar-refractivity contribution >= 4 is 40.0 Å². The Morgan fingerprint density at radius 1 is 0.920 bits per heavy atom. The quantitative estimate of drug-likeness (QED) is 0.214. The van der Waals surface area contributed by atoms with Crippen LogP contribution in [0.2, 0.25) is 0 Å². The molecule has 7 rings (SSSR count). The van der Waals surface area contributed by atoms with Gasteiger partial charge in [0.05, 0.1) is 30.1 Å². The molecule has 1 atom stereocenters. The molecule has 3 aromatic carbocycles. The lowest BCUT2D eigenvalue weighted by molar-refractivity contribution is 0.0783. The van der Waals surface area contributed by atoms with E-state index in [0.29, 0.717) is 79.4 Å². The van der Waals surface area contributed by atoms with Crippen LogP contribution in [0.25, 0.3) is 33.4 Å². The van der Waals surface area contributed by atoms with Crippen LogP contribution in [-0.2, 0) is 4.74 Å². The Morgan fingerprint density at radius 2 is 1.68 bits per heavy atom. The van der Waals surface area contributed by atoms with Crippen molar-refractivity contribution in [2.24, 2.45) is 0 Å². The number of aromatic nitrogens is 3. The number of hydrogen-bond acceptors (Lipinski definition) is 9. The minimum absolute atomic E-state index is 0.00239. The van der Waals surface area contributed by atoms with Crippen LogP contribution in [0.5, 0.6) is 0 Å². The molecule has 2 N–H and O–H groups in total. The maximum absolute atomic E-state index is 15.5. The number of anilines is 3. The third kappa shape index (κ3) is 6.74. The van der Waals surface area contributed by atoms with Crippen molar-refractivity contribution in [3.05, 3.63) is 83.5 Å². The maximum Gasteiger partial charge on any atom is 0.323 e. The van der Waals surface area contributed by atoms with Crippen LogP contribution in [-0.4, -0.2) is 96.4 Å². The summed E-state index contributed by atoms with van der Waals surface area (Å²) < 4.78 is 26.5. The Bertz CT molecular complexity index is 2040. The van der Waals surface area contributed by atoms with Crippen molar-refractivity contribution in [3.63, 3.8) is 0 Å². The van der Waals surface area contributed by atoms with Gasteiger partial charge in [0.15, 0.2) is 5.82 Å². The van der Waals surface area contributed by atoms with Crippen molar-refractivity contribution in [2.75, 3.05) is 69.0 Å². The van der Waals surface area contributed by atoms with E-state index in [1.807, 2.05) is 51.0 Å². The smallest absolute Gasteiger partial charge is 0.323 e. The third-order valence-corrected chi connectivity index (χ3v) is 9.36. The van der Waals surface area contributed by atoms with Crippen molar-refractivity contribution in [3.8, 4) is 22.5 Å². The van der Waals surface area contributed by atoms with Crippen LogP contribution < -0.4 is 15.5 Å². The average Bonchev–Trinajstić information content (AvgIpc) is 3.75. The molecular weight excluding hydrogens is 639 g/mol. The summed E-state index contributed by atoms with van der Waals surface area (Å²) in [5.74, 6) is 1.13. The van der Waals surface area contributed by atoms with Crippen LogP contribution in [0, 0.1) is 19.7 Å². The molecular formula is C37H39FN8O4. The monoisotopic (exact) mass is 678 g/mol. The van der Waals surface area contributed by atoms with Crippen molar-refractivity contribution in [2.45, 2.75) is 26.3 Å². The molecule has 13 heteroatoms. The Balaban J connectivity index is 1.09. The molecule has 0 radical (unpaired) electrons. The van der Waals surface area contributed by atoms with Gasteiger partial charge in [0.1, 0.15) is 17.4 Å². The summed E-state index contributed by atoms with van der Waals surface area (Å²) >= 11 is 0. The molecule has 4 heterocycles. The molecule has 2 saturated heterocycles. The number of carbonyl (C=O) groups excluding carboxylic acids is 2. The number of fused-ring (bicyclic) bond motifs is 1. The highest BCUT2D eigenvalue weighted by Gasteiger charge is 2.28. The van der Waals surface area contributed by atoms with Crippen LogP contribution >= 0.6 is 0 Å². The van der Waals surface area contributed by atoms with Gasteiger partial charge in [-0.1, -0.05) is 11.2 Å². The summed E-state index contributed by atoms with van der Waals surface area (Å²) in [6, 6.07) is 16.9. The number of nitrogens with one attached hydrogen (secondary N) is 2. The molecule has 5 aromatic rings. The number of likely N-dealkylation sites (N-methyl/N-ethyl adjacent to an activating group) is 1. The lowest BCUT2D eigenvalue weighted by atomic mass is 10.0. The molecule has 0 saturated carbocycles. The van der Waals surface area contributed by atoms with Gasteiger partial charge >= 0.3 is 6.03 Å². The summed E-state index contributed by atoms with van der Waals surface area (Å²) in [6.45, 7) is 7.65. The van der Waals surface area contributed by atoms with E-state index < -0.39 is 11.8 Å². The fourth-order valence-corrected chi connectivity index (χ4v) is 6.58. The Kier molecular flexibility index (Phi) is 9.17. The lowest BCUT2D eigenvalue weighted by Crippen LogP contribution is -2.37. The van der Waals surface area contributed by atoms with E-state index in [9.17, 15) is 9.59 Å². The average molecular weight is 679 g/mol. The van der Waals surface area contributed by atoms with Crippen LogP contribution in [0.15, 0.2) is 65.2 Å². The Labute approximate surface area is 289 Å². The molecule has 12 nitrogen and oxygen atoms in total. The van der Waals surface area contributed by atoms with Gasteiger partial charge in [0, 0.05) is 60.0 Å². The molecule has 2 fully saturated rings. The molecule has 2 aliphatic heterocycles. The van der Waals surface area contributed by atoms with Gasteiger partial charge < -0.3 is 34.6 Å². The number of likely N-dealkylation sites (tertiary alicyclic amines) is 1. The van der Waals surface area contributed by atoms with Crippen molar-refractivity contribution < 1.29 is 23.2 Å². The molecule has 2 aliphatic rings. The van der Waals surface area contributed by atoms with Gasteiger partial charge in [-0.3, -0.25) is 4.79 Å². The minimum Gasteiger partial charge on any atom is -0.378 e. The summed E-state index contributed by atoms with van der Waals surface area (Å²) in [6.07, 6.45) is 0.937. The van der Waals surface area contributed by atoms with E-state index in [1.165, 1.54) is 12.1 Å². The highest BCUT2D eigenvalue weighted by molar-refractivity contribution is 6.01. The van der Waals surface area contributed by atoms with E-state index in [1.54, 1.807) is 30.3 Å². The first-order valence-electron chi connectivity index (χ1n) is 16.7. The molecule has 0 bridgehead atoms. The van der Waals surface area contributed by atoms with Gasteiger partial charge in [-0.2, -0.15) is 0 Å². The fourth-order valence-electron chi connectivity index (χ4n) is 6.58. The van der Waals surface area contributed by atoms with Crippen LogP contribution in [0.4, 0.5) is 26.4 Å². The highest BCUT2D eigenvalue weighted by atomic mass is 19.1. The number of halogens is 1. The number of carbonyl (C=O) groups is 2. The topological polar surface area (TPSA) is 129 Å². The number of rotatable bonds is 7. The summed E-state index contributed by atoms with van der Waals surface area (Å²) in [5.41, 5.74) is 4.77. The van der Waals surface area contributed by atoms with Gasteiger partial charge in [0.25, 0.3) is 5.91 Å². The van der Waals surface area contributed by atoms with Gasteiger partial charge in [-0.15, -0.1) is 0 Å². The largest absolute Gasteiger partial charge is 0.378 e. The first-order chi connectivity index (χ1) is 24.1. The number of morpholine rings is 1. The second-order valence-corrected chi connectivity index (χ2v) is 12.9. The number of nitrogens with zero attached hydrogens (tertiary/aromatic N) is 6. The first kappa shape index (κ1) is 33.1. The third-order valence-electron chi connectivity index (χ3n) is 9.36. The number of hydrogen-bond donors (Lipinski definition) is 2. The maximum atomic E-state index is 15.5. The number of ether oxygens (including phenoxy) is 1. The predicted octanol–water partition coefficient (Wildman–Crippen LogP) is 5.96. The molecule has 0 aliphatic carbocycles. The highest BCUT2D eigenvalue weighted by Crippen LogP contribution is 2.34. The van der Waals surface area contributed by atoms with Crippen LogP contribution in [0.1, 0.15) is 28.2 Å². The molecule has 0 spiro atoms. The second kappa shape index (κ2) is 13.8.